The van der Waals surface area contributed by atoms with Gasteiger partial charge in [-0.05, 0) is 31.5 Å². The number of nitrogens with one attached hydrogen (secondary N) is 1. The van der Waals surface area contributed by atoms with E-state index in [-0.39, 0.29) is 30.7 Å². The Morgan fingerprint density at radius 1 is 1.42 bits per heavy atom. The average Bonchev–Trinajstić information content (AvgIpc) is 2.28. The average molecular weight is 329 g/mol. The van der Waals surface area contributed by atoms with Gasteiger partial charge in [-0.15, -0.1) is 0 Å². The van der Waals surface area contributed by atoms with Gasteiger partial charge in [0.15, 0.2) is 0 Å². The maximum atomic E-state index is 13.0. The Morgan fingerprint density at radius 2 is 2.11 bits per heavy atom. The highest BCUT2D eigenvalue weighted by atomic mass is 79.9. The Hall–Kier alpha value is -1.43. The van der Waals surface area contributed by atoms with Crippen LogP contribution in [0, 0.1) is 5.82 Å². The van der Waals surface area contributed by atoms with E-state index < -0.39 is 5.54 Å². The Labute approximate surface area is 119 Å². The van der Waals surface area contributed by atoms with Crippen molar-refractivity contribution in [3.8, 4) is 0 Å². The Bertz CT molecular complexity index is 545. The molecule has 1 saturated heterocycles. The van der Waals surface area contributed by atoms with Gasteiger partial charge in [-0.25, -0.2) is 4.39 Å². The first-order chi connectivity index (χ1) is 8.79. The molecule has 1 N–H and O–H groups in total. The molecule has 0 aliphatic carbocycles. The van der Waals surface area contributed by atoms with Crippen LogP contribution in [0.2, 0.25) is 0 Å². The lowest BCUT2D eigenvalue weighted by Gasteiger charge is -2.37. The maximum Gasteiger partial charge on any atom is 0.248 e. The summed E-state index contributed by atoms with van der Waals surface area (Å²) < 4.78 is 13.6. The SMILES string of the molecule is CC1(C)NC(=O)CN(Cc2ccc(F)cc2Br)C1=O. The summed E-state index contributed by atoms with van der Waals surface area (Å²) in [4.78, 5) is 25.3. The third-order valence-corrected chi connectivity index (χ3v) is 3.72. The standard InChI is InChI=1S/C13H14BrFN2O2/c1-13(2)12(19)17(7-11(18)16-13)6-8-3-4-9(15)5-10(8)14/h3-5H,6-7H2,1-2H3,(H,16,18). The van der Waals surface area contributed by atoms with Crippen LogP contribution in [0.25, 0.3) is 0 Å². The van der Waals surface area contributed by atoms with Crippen LogP contribution in [0.3, 0.4) is 0 Å². The molecule has 1 aliphatic heterocycles. The van der Waals surface area contributed by atoms with Crippen molar-refractivity contribution in [3.63, 3.8) is 0 Å². The zero-order valence-electron chi connectivity index (χ0n) is 10.7. The van der Waals surface area contributed by atoms with Gasteiger partial charge >= 0.3 is 0 Å². The van der Waals surface area contributed by atoms with Crippen molar-refractivity contribution in [1.82, 2.24) is 10.2 Å². The van der Waals surface area contributed by atoms with Gasteiger partial charge in [-0.1, -0.05) is 22.0 Å². The summed E-state index contributed by atoms with van der Waals surface area (Å²) in [5.41, 5.74) is -0.137. The zero-order valence-corrected chi connectivity index (χ0v) is 12.3. The van der Waals surface area contributed by atoms with Crippen molar-refractivity contribution in [1.29, 1.82) is 0 Å². The zero-order chi connectivity index (χ0) is 14.2. The lowest BCUT2D eigenvalue weighted by atomic mass is 10.00. The topological polar surface area (TPSA) is 49.4 Å². The molecule has 102 valence electrons. The van der Waals surface area contributed by atoms with Gasteiger partial charge in [0.25, 0.3) is 0 Å². The molecule has 0 bridgehead atoms. The van der Waals surface area contributed by atoms with Crippen LogP contribution >= 0.6 is 15.9 Å². The molecule has 1 aromatic rings. The minimum atomic E-state index is -0.901. The number of hydrogen-bond donors (Lipinski definition) is 1. The fraction of sp³-hybridized carbons (Fsp3) is 0.385. The highest BCUT2D eigenvalue weighted by Gasteiger charge is 2.39. The van der Waals surface area contributed by atoms with Crippen molar-refractivity contribution in [2.24, 2.45) is 0 Å². The smallest absolute Gasteiger partial charge is 0.248 e. The van der Waals surface area contributed by atoms with Crippen molar-refractivity contribution < 1.29 is 14.0 Å². The van der Waals surface area contributed by atoms with Crippen LogP contribution in [-0.4, -0.2) is 28.8 Å². The van der Waals surface area contributed by atoms with Crippen LogP contribution in [0.5, 0.6) is 0 Å². The Kier molecular flexibility index (Phi) is 3.62. The van der Waals surface area contributed by atoms with Crippen LogP contribution < -0.4 is 5.32 Å². The first-order valence-electron chi connectivity index (χ1n) is 5.84. The van der Waals surface area contributed by atoms with Crippen molar-refractivity contribution in [2.45, 2.75) is 25.9 Å². The number of hydrogen-bond acceptors (Lipinski definition) is 2. The molecule has 2 rings (SSSR count). The Morgan fingerprint density at radius 3 is 2.74 bits per heavy atom. The van der Waals surface area contributed by atoms with Crippen LogP contribution in [0.15, 0.2) is 22.7 Å². The summed E-state index contributed by atoms with van der Waals surface area (Å²) in [5.74, 6) is -0.690. The lowest BCUT2D eigenvalue weighted by molar-refractivity contribution is -0.148. The minimum absolute atomic E-state index is 0.0199. The second-order valence-corrected chi connectivity index (χ2v) is 5.92. The number of carbonyl (C=O) groups is 2. The normalized spacial score (nSPS) is 18.4. The first kappa shape index (κ1) is 14.0. The molecule has 4 nitrogen and oxygen atoms in total. The van der Waals surface area contributed by atoms with Crippen LogP contribution in [-0.2, 0) is 16.1 Å². The van der Waals surface area contributed by atoms with E-state index in [1.807, 2.05) is 0 Å². The van der Waals surface area contributed by atoms with E-state index in [2.05, 4.69) is 21.2 Å². The second-order valence-electron chi connectivity index (χ2n) is 5.07. The lowest BCUT2D eigenvalue weighted by Crippen LogP contribution is -2.63. The quantitative estimate of drug-likeness (QED) is 0.900. The number of halogens is 2. The molecule has 0 spiro atoms. The van der Waals surface area contributed by atoms with Crippen LogP contribution in [0.1, 0.15) is 19.4 Å². The van der Waals surface area contributed by atoms with E-state index in [1.165, 1.54) is 17.0 Å². The van der Waals surface area contributed by atoms with E-state index in [0.717, 1.165) is 5.56 Å². The molecule has 0 saturated carbocycles. The van der Waals surface area contributed by atoms with E-state index in [9.17, 15) is 14.0 Å². The van der Waals surface area contributed by atoms with Gasteiger partial charge < -0.3 is 10.2 Å². The maximum absolute atomic E-state index is 13.0. The molecule has 2 amide bonds. The van der Waals surface area contributed by atoms with E-state index in [4.69, 9.17) is 0 Å². The highest BCUT2D eigenvalue weighted by molar-refractivity contribution is 9.10. The summed E-state index contributed by atoms with van der Waals surface area (Å²) in [6.07, 6.45) is 0. The highest BCUT2D eigenvalue weighted by Crippen LogP contribution is 2.22. The molecule has 1 heterocycles. The molecule has 0 aromatic heterocycles. The third-order valence-electron chi connectivity index (χ3n) is 2.98. The summed E-state index contributed by atoms with van der Waals surface area (Å²) >= 11 is 3.26. The van der Waals surface area contributed by atoms with Gasteiger partial charge in [0.1, 0.15) is 11.4 Å². The molecule has 0 radical (unpaired) electrons. The monoisotopic (exact) mass is 328 g/mol. The van der Waals surface area contributed by atoms with Crippen molar-refractivity contribution in [2.75, 3.05) is 6.54 Å². The van der Waals surface area contributed by atoms with Gasteiger partial charge in [-0.3, -0.25) is 9.59 Å². The summed E-state index contributed by atoms with van der Waals surface area (Å²) in [5, 5.41) is 2.64. The van der Waals surface area contributed by atoms with Gasteiger partial charge in [0.2, 0.25) is 11.8 Å². The molecular weight excluding hydrogens is 315 g/mol. The van der Waals surface area contributed by atoms with Gasteiger partial charge in [0.05, 0.1) is 6.54 Å². The van der Waals surface area contributed by atoms with Crippen LogP contribution in [0.4, 0.5) is 4.39 Å². The molecule has 0 atom stereocenters. The summed E-state index contributed by atoms with van der Waals surface area (Å²) in [6, 6.07) is 4.28. The number of rotatable bonds is 2. The molecule has 0 unspecified atom stereocenters. The van der Waals surface area contributed by atoms with Gasteiger partial charge in [-0.2, -0.15) is 0 Å². The molecule has 19 heavy (non-hydrogen) atoms. The largest absolute Gasteiger partial charge is 0.341 e. The Balaban J connectivity index is 2.22. The minimum Gasteiger partial charge on any atom is -0.341 e. The fourth-order valence-electron chi connectivity index (χ4n) is 2.07. The van der Waals surface area contributed by atoms with Crippen molar-refractivity contribution >= 4 is 27.7 Å². The van der Waals surface area contributed by atoms with Crippen molar-refractivity contribution in [3.05, 3.63) is 34.1 Å². The van der Waals surface area contributed by atoms with E-state index >= 15 is 0 Å². The van der Waals surface area contributed by atoms with Gasteiger partial charge in [0, 0.05) is 11.0 Å². The number of carbonyl (C=O) groups excluding carboxylic acids is 2. The predicted octanol–water partition coefficient (Wildman–Crippen LogP) is 1.83. The first-order valence-corrected chi connectivity index (χ1v) is 6.63. The second kappa shape index (κ2) is 4.92. The summed E-state index contributed by atoms with van der Waals surface area (Å²) in [6.45, 7) is 3.63. The molecule has 1 aliphatic rings. The molecule has 1 aromatic carbocycles. The molecule has 6 heteroatoms. The number of amides is 2. The fourth-order valence-corrected chi connectivity index (χ4v) is 2.54. The van der Waals surface area contributed by atoms with E-state index in [0.29, 0.717) is 4.47 Å². The number of piperazine rings is 1. The number of nitrogens with zero attached hydrogens (tertiary/aromatic N) is 1. The van der Waals surface area contributed by atoms with E-state index in [1.54, 1.807) is 19.9 Å². The molecular formula is C13H14BrFN2O2. The molecule has 1 fully saturated rings. The number of benzene rings is 1. The predicted molar refractivity (Wildman–Crippen MR) is 71.7 cm³/mol. The third kappa shape index (κ3) is 2.94. The summed E-state index contributed by atoms with van der Waals surface area (Å²) in [7, 11) is 0.